The molecule has 0 aromatic carbocycles. The number of hydrogen-bond acceptors (Lipinski definition) is 5. The Kier molecular flexibility index (Phi) is 4.39. The Morgan fingerprint density at radius 1 is 1.28 bits per heavy atom. The molecule has 0 unspecified atom stereocenters. The van der Waals surface area contributed by atoms with E-state index in [4.69, 9.17) is 0 Å². The van der Waals surface area contributed by atoms with E-state index in [-0.39, 0.29) is 11.4 Å². The number of aromatic nitrogens is 3. The van der Waals surface area contributed by atoms with E-state index in [1.54, 1.807) is 6.33 Å². The molecule has 134 valence electrons. The van der Waals surface area contributed by atoms with Crippen LogP contribution in [0.4, 0.5) is 5.82 Å². The molecule has 1 amide bonds. The molecule has 6 heteroatoms. The summed E-state index contributed by atoms with van der Waals surface area (Å²) in [5.41, 5.74) is 2.70. The number of carbonyl (C=O) groups excluding carboxylic acids is 1. The summed E-state index contributed by atoms with van der Waals surface area (Å²) in [6.07, 6.45) is 2.17. The molecule has 0 N–H and O–H groups in total. The van der Waals surface area contributed by atoms with Crippen LogP contribution < -0.4 is 4.90 Å². The Labute approximate surface area is 149 Å². The van der Waals surface area contributed by atoms with E-state index in [0.717, 1.165) is 41.2 Å². The normalized spacial score (nSPS) is 18.2. The van der Waals surface area contributed by atoms with Gasteiger partial charge in [-0.1, -0.05) is 0 Å². The molecule has 1 saturated heterocycles. The number of carbonyl (C=O) groups is 1. The first-order valence-electron chi connectivity index (χ1n) is 8.77. The second-order valence-electron chi connectivity index (χ2n) is 8.10. The van der Waals surface area contributed by atoms with Crippen molar-refractivity contribution in [2.24, 2.45) is 5.92 Å². The molecule has 0 radical (unpaired) electrons. The molecule has 0 saturated carbocycles. The number of likely N-dealkylation sites (tertiary alicyclic amines) is 1. The van der Waals surface area contributed by atoms with E-state index in [1.807, 2.05) is 18.9 Å². The Morgan fingerprint density at radius 3 is 2.64 bits per heavy atom. The summed E-state index contributed by atoms with van der Waals surface area (Å²) in [5, 5.41) is 0.993. The topological polar surface area (TPSA) is 62.2 Å². The van der Waals surface area contributed by atoms with Gasteiger partial charge in [0.15, 0.2) is 5.65 Å². The van der Waals surface area contributed by atoms with E-state index in [0.29, 0.717) is 12.3 Å². The fraction of sp³-hybridized carbons (Fsp3) is 0.579. The molecular weight excluding hydrogens is 314 g/mol. The van der Waals surface area contributed by atoms with Gasteiger partial charge in [-0.15, -0.1) is 0 Å². The van der Waals surface area contributed by atoms with Crippen molar-refractivity contribution in [3.8, 4) is 0 Å². The second kappa shape index (κ2) is 6.24. The Hall–Kier alpha value is -2.24. The van der Waals surface area contributed by atoms with Gasteiger partial charge in [0.1, 0.15) is 12.1 Å². The number of nitrogens with zero attached hydrogens (tertiary/aromatic N) is 5. The fourth-order valence-electron chi connectivity index (χ4n) is 3.70. The third-order valence-corrected chi connectivity index (χ3v) is 4.82. The highest BCUT2D eigenvalue weighted by Crippen LogP contribution is 2.29. The molecule has 2 aromatic heterocycles. The van der Waals surface area contributed by atoms with Gasteiger partial charge in [0.05, 0.1) is 5.39 Å². The molecule has 0 bridgehead atoms. The van der Waals surface area contributed by atoms with Gasteiger partial charge in [-0.05, 0) is 46.2 Å². The second-order valence-corrected chi connectivity index (χ2v) is 8.10. The van der Waals surface area contributed by atoms with Crippen LogP contribution in [0.15, 0.2) is 12.4 Å². The number of hydrogen-bond donors (Lipinski definition) is 0. The Bertz CT molecular complexity index is 811. The molecule has 1 aliphatic rings. The van der Waals surface area contributed by atoms with Gasteiger partial charge in [-0.25, -0.2) is 15.0 Å². The van der Waals surface area contributed by atoms with Crippen LogP contribution in [-0.2, 0) is 4.79 Å². The van der Waals surface area contributed by atoms with Gasteiger partial charge < -0.3 is 9.80 Å². The standard InChI is InChI=1S/C19H27N5O/c1-12-7-13(2)22-17-16(12)18(21-11-20-17)23(6)9-14-8-15(25)24(10-14)19(3,4)5/h7,11,14H,8-10H2,1-6H3/t14-/m0/s1. The summed E-state index contributed by atoms with van der Waals surface area (Å²) < 4.78 is 0. The predicted octanol–water partition coefficient (Wildman–Crippen LogP) is 2.72. The van der Waals surface area contributed by atoms with Crippen molar-refractivity contribution in [1.82, 2.24) is 19.9 Å². The Morgan fingerprint density at radius 2 is 2.00 bits per heavy atom. The van der Waals surface area contributed by atoms with Crippen molar-refractivity contribution in [2.45, 2.75) is 46.6 Å². The van der Waals surface area contributed by atoms with Crippen LogP contribution in [0.25, 0.3) is 11.0 Å². The SMILES string of the molecule is Cc1cc(C)c2c(N(C)C[C@@H]3CC(=O)N(C(C)(C)C)C3)ncnc2n1. The maximum absolute atomic E-state index is 12.3. The van der Waals surface area contributed by atoms with E-state index >= 15 is 0 Å². The molecule has 2 aromatic rings. The van der Waals surface area contributed by atoms with Gasteiger partial charge in [-0.3, -0.25) is 4.79 Å². The fourth-order valence-corrected chi connectivity index (χ4v) is 3.70. The minimum absolute atomic E-state index is 0.121. The van der Waals surface area contributed by atoms with Crippen molar-refractivity contribution in [2.75, 3.05) is 25.0 Å². The molecule has 0 aliphatic carbocycles. The first kappa shape index (κ1) is 17.6. The third-order valence-electron chi connectivity index (χ3n) is 4.82. The zero-order chi connectivity index (χ0) is 18.4. The average molecular weight is 341 g/mol. The smallest absolute Gasteiger partial charge is 0.223 e. The van der Waals surface area contributed by atoms with Crippen LogP contribution in [-0.4, -0.2) is 51.4 Å². The average Bonchev–Trinajstić information content (AvgIpc) is 2.86. The number of pyridine rings is 1. The molecule has 0 spiro atoms. The number of anilines is 1. The summed E-state index contributed by atoms with van der Waals surface area (Å²) in [6, 6.07) is 2.06. The number of amides is 1. The maximum Gasteiger partial charge on any atom is 0.223 e. The molecule has 6 nitrogen and oxygen atoms in total. The van der Waals surface area contributed by atoms with Gasteiger partial charge in [-0.2, -0.15) is 0 Å². The largest absolute Gasteiger partial charge is 0.359 e. The van der Waals surface area contributed by atoms with Crippen molar-refractivity contribution < 1.29 is 4.79 Å². The lowest BCUT2D eigenvalue weighted by atomic mass is 10.1. The van der Waals surface area contributed by atoms with E-state index in [1.165, 1.54) is 0 Å². The van der Waals surface area contributed by atoms with Crippen molar-refractivity contribution in [3.05, 3.63) is 23.7 Å². The highest BCUT2D eigenvalue weighted by molar-refractivity contribution is 5.90. The summed E-state index contributed by atoms with van der Waals surface area (Å²) in [4.78, 5) is 29.8. The van der Waals surface area contributed by atoms with Crippen LogP contribution in [0, 0.1) is 19.8 Å². The van der Waals surface area contributed by atoms with Crippen molar-refractivity contribution in [3.63, 3.8) is 0 Å². The van der Waals surface area contributed by atoms with E-state index < -0.39 is 0 Å². The number of rotatable bonds is 3. The number of aryl methyl sites for hydroxylation is 2. The molecule has 1 fully saturated rings. The van der Waals surface area contributed by atoms with Crippen LogP contribution in [0.5, 0.6) is 0 Å². The Balaban J connectivity index is 1.84. The van der Waals surface area contributed by atoms with Gasteiger partial charge in [0.25, 0.3) is 0 Å². The third kappa shape index (κ3) is 3.43. The number of fused-ring (bicyclic) bond motifs is 1. The zero-order valence-corrected chi connectivity index (χ0v) is 16.0. The lowest BCUT2D eigenvalue weighted by molar-refractivity contribution is -0.131. The van der Waals surface area contributed by atoms with Gasteiger partial charge in [0, 0.05) is 43.7 Å². The van der Waals surface area contributed by atoms with Crippen LogP contribution in [0.3, 0.4) is 0 Å². The highest BCUT2D eigenvalue weighted by Gasteiger charge is 2.36. The predicted molar refractivity (Wildman–Crippen MR) is 99.7 cm³/mol. The van der Waals surface area contributed by atoms with Crippen LogP contribution in [0.2, 0.25) is 0 Å². The maximum atomic E-state index is 12.3. The molecule has 3 rings (SSSR count). The van der Waals surface area contributed by atoms with Crippen LogP contribution >= 0.6 is 0 Å². The quantitative estimate of drug-likeness (QED) is 0.859. The lowest BCUT2D eigenvalue weighted by Gasteiger charge is -2.32. The summed E-state index contributed by atoms with van der Waals surface area (Å²) >= 11 is 0. The highest BCUT2D eigenvalue weighted by atomic mass is 16.2. The van der Waals surface area contributed by atoms with Crippen molar-refractivity contribution >= 4 is 22.8 Å². The van der Waals surface area contributed by atoms with E-state index in [9.17, 15) is 4.79 Å². The minimum atomic E-state index is -0.121. The summed E-state index contributed by atoms with van der Waals surface area (Å²) in [5.74, 6) is 1.43. The van der Waals surface area contributed by atoms with Crippen LogP contribution in [0.1, 0.15) is 38.4 Å². The minimum Gasteiger partial charge on any atom is -0.359 e. The first-order chi connectivity index (χ1) is 11.7. The monoisotopic (exact) mass is 341 g/mol. The van der Waals surface area contributed by atoms with Gasteiger partial charge >= 0.3 is 0 Å². The van der Waals surface area contributed by atoms with Gasteiger partial charge in [0.2, 0.25) is 5.91 Å². The molecule has 1 aliphatic heterocycles. The van der Waals surface area contributed by atoms with E-state index in [2.05, 4.69) is 53.6 Å². The molecule has 25 heavy (non-hydrogen) atoms. The molecule has 3 heterocycles. The van der Waals surface area contributed by atoms with Crippen molar-refractivity contribution in [1.29, 1.82) is 0 Å². The molecular formula is C19H27N5O. The summed E-state index contributed by atoms with van der Waals surface area (Å²) in [7, 11) is 2.03. The summed E-state index contributed by atoms with van der Waals surface area (Å²) in [6.45, 7) is 11.9. The molecule has 1 atom stereocenters. The lowest BCUT2D eigenvalue weighted by Crippen LogP contribution is -2.42. The first-order valence-corrected chi connectivity index (χ1v) is 8.77. The zero-order valence-electron chi connectivity index (χ0n) is 16.0.